The smallest absolute Gasteiger partial charge is 0.338 e. The van der Waals surface area contributed by atoms with Gasteiger partial charge >= 0.3 is 5.97 Å². The van der Waals surface area contributed by atoms with Crippen LogP contribution in [0.2, 0.25) is 5.02 Å². The minimum absolute atomic E-state index is 0.188. The average molecular weight is 377 g/mol. The van der Waals surface area contributed by atoms with Gasteiger partial charge in [0.2, 0.25) is 6.79 Å². The molecule has 0 saturated heterocycles. The van der Waals surface area contributed by atoms with Crippen LogP contribution in [0.3, 0.4) is 0 Å². The Hall–Kier alpha value is -2.93. The first kappa shape index (κ1) is 17.9. The van der Waals surface area contributed by atoms with Gasteiger partial charge in [0.25, 0.3) is 5.91 Å². The largest absolute Gasteiger partial charge is 0.454 e. The molecule has 1 amide bonds. The lowest BCUT2D eigenvalue weighted by atomic mass is 10.2. The maximum absolute atomic E-state index is 12.1. The molecule has 0 bridgehead atoms. The summed E-state index contributed by atoms with van der Waals surface area (Å²) >= 11 is 5.82. The van der Waals surface area contributed by atoms with Gasteiger partial charge in [-0.05, 0) is 42.8 Å². The van der Waals surface area contributed by atoms with E-state index in [1.54, 1.807) is 12.1 Å². The Morgan fingerprint density at radius 1 is 1.23 bits per heavy atom. The Morgan fingerprint density at radius 2 is 2.00 bits per heavy atom. The Bertz CT molecular complexity index is 855. The van der Waals surface area contributed by atoms with Gasteiger partial charge in [-0.25, -0.2) is 4.79 Å². The molecule has 3 N–H and O–H groups in total. The molecule has 0 aliphatic carbocycles. The number of halogens is 1. The summed E-state index contributed by atoms with van der Waals surface area (Å²) in [6.45, 7) is 1.95. The van der Waals surface area contributed by atoms with Crippen molar-refractivity contribution in [3.8, 4) is 11.5 Å². The predicted molar refractivity (Wildman–Crippen MR) is 95.2 cm³/mol. The normalized spacial score (nSPS) is 13.2. The maximum Gasteiger partial charge on any atom is 0.338 e. The van der Waals surface area contributed by atoms with E-state index in [9.17, 15) is 9.59 Å². The minimum Gasteiger partial charge on any atom is -0.454 e. The molecule has 8 heteroatoms. The van der Waals surface area contributed by atoms with E-state index in [-0.39, 0.29) is 24.6 Å². The topological polar surface area (TPSA) is 99.9 Å². The van der Waals surface area contributed by atoms with Crippen molar-refractivity contribution >= 4 is 29.2 Å². The summed E-state index contributed by atoms with van der Waals surface area (Å²) in [5, 5.41) is 3.05. The SMILES string of the molecule is C[C@H](OC(=O)c1ccc(Cl)c(N)c1)C(=O)NCc1ccc2c(c1)OCO2. The molecule has 0 radical (unpaired) electrons. The van der Waals surface area contributed by atoms with Gasteiger partial charge < -0.3 is 25.3 Å². The van der Waals surface area contributed by atoms with Crippen LogP contribution in [0.5, 0.6) is 11.5 Å². The van der Waals surface area contributed by atoms with Crippen LogP contribution < -0.4 is 20.5 Å². The monoisotopic (exact) mass is 376 g/mol. The van der Waals surface area contributed by atoms with E-state index in [4.69, 9.17) is 31.5 Å². The lowest BCUT2D eigenvalue weighted by molar-refractivity contribution is -0.129. The highest BCUT2D eigenvalue weighted by atomic mass is 35.5. The predicted octanol–water partition coefficient (Wildman–Crippen LogP) is 2.51. The molecule has 26 heavy (non-hydrogen) atoms. The zero-order valence-corrected chi connectivity index (χ0v) is 14.7. The van der Waals surface area contributed by atoms with Crippen molar-refractivity contribution in [2.45, 2.75) is 19.6 Å². The molecule has 2 aromatic rings. The number of rotatable bonds is 5. The highest BCUT2D eigenvalue weighted by molar-refractivity contribution is 6.33. The highest BCUT2D eigenvalue weighted by Gasteiger charge is 2.20. The molecule has 136 valence electrons. The molecule has 7 nitrogen and oxygen atoms in total. The molecule has 2 aromatic carbocycles. The van der Waals surface area contributed by atoms with Crippen molar-refractivity contribution in [3.05, 3.63) is 52.5 Å². The van der Waals surface area contributed by atoms with Crippen molar-refractivity contribution < 1.29 is 23.8 Å². The van der Waals surface area contributed by atoms with E-state index in [0.29, 0.717) is 16.5 Å². The fourth-order valence-electron chi connectivity index (χ4n) is 2.34. The van der Waals surface area contributed by atoms with Gasteiger partial charge in [0, 0.05) is 6.54 Å². The highest BCUT2D eigenvalue weighted by Crippen LogP contribution is 2.32. The Morgan fingerprint density at radius 3 is 2.77 bits per heavy atom. The fourth-order valence-corrected chi connectivity index (χ4v) is 2.45. The molecule has 1 heterocycles. The molecule has 0 saturated carbocycles. The van der Waals surface area contributed by atoms with Crippen molar-refractivity contribution in [2.75, 3.05) is 12.5 Å². The minimum atomic E-state index is -0.964. The van der Waals surface area contributed by atoms with Crippen LogP contribution in [0.15, 0.2) is 36.4 Å². The summed E-state index contributed by atoms with van der Waals surface area (Å²) in [7, 11) is 0. The number of carbonyl (C=O) groups is 2. The number of hydrogen-bond donors (Lipinski definition) is 2. The second kappa shape index (κ2) is 7.53. The quantitative estimate of drug-likeness (QED) is 0.614. The summed E-state index contributed by atoms with van der Waals surface area (Å²) < 4.78 is 15.7. The number of nitrogens with one attached hydrogen (secondary N) is 1. The summed E-state index contributed by atoms with van der Waals surface area (Å²) in [6, 6.07) is 9.77. The number of esters is 1. The third-order valence-electron chi connectivity index (χ3n) is 3.79. The lowest BCUT2D eigenvalue weighted by Crippen LogP contribution is -2.35. The second-order valence-electron chi connectivity index (χ2n) is 5.69. The number of hydrogen-bond acceptors (Lipinski definition) is 6. The summed E-state index contributed by atoms with van der Waals surface area (Å²) in [4.78, 5) is 24.2. The van der Waals surface area contributed by atoms with E-state index in [2.05, 4.69) is 5.32 Å². The standard InChI is InChI=1S/C18H17ClN2O5/c1-10(26-18(23)12-3-4-13(19)14(20)7-12)17(22)21-8-11-2-5-15-16(6-11)25-9-24-15/h2-7,10H,8-9,20H2,1H3,(H,21,22)/t10-/m0/s1. The third kappa shape index (κ3) is 4.00. The first-order valence-corrected chi connectivity index (χ1v) is 8.24. The van der Waals surface area contributed by atoms with Gasteiger partial charge in [-0.2, -0.15) is 0 Å². The molecule has 1 aliphatic rings. The van der Waals surface area contributed by atoms with Crippen LogP contribution in [-0.4, -0.2) is 24.8 Å². The van der Waals surface area contributed by atoms with Gasteiger partial charge in [-0.15, -0.1) is 0 Å². The molecular weight excluding hydrogens is 360 g/mol. The van der Waals surface area contributed by atoms with Gasteiger partial charge in [0.15, 0.2) is 17.6 Å². The van der Waals surface area contributed by atoms with Crippen LogP contribution in [0.25, 0.3) is 0 Å². The van der Waals surface area contributed by atoms with E-state index in [0.717, 1.165) is 5.56 Å². The molecule has 0 fully saturated rings. The molecule has 0 spiro atoms. The summed E-state index contributed by atoms with van der Waals surface area (Å²) in [5.41, 5.74) is 6.99. The molecular formula is C18H17ClN2O5. The molecule has 3 rings (SSSR count). The Balaban J connectivity index is 1.54. The van der Waals surface area contributed by atoms with Gasteiger partial charge in [0.1, 0.15) is 0 Å². The van der Waals surface area contributed by atoms with E-state index >= 15 is 0 Å². The van der Waals surface area contributed by atoms with E-state index in [1.807, 2.05) is 6.07 Å². The van der Waals surface area contributed by atoms with Crippen molar-refractivity contribution in [2.24, 2.45) is 0 Å². The van der Waals surface area contributed by atoms with Gasteiger partial charge in [-0.1, -0.05) is 17.7 Å². The zero-order chi connectivity index (χ0) is 18.7. The van der Waals surface area contributed by atoms with Crippen LogP contribution in [0.1, 0.15) is 22.8 Å². The van der Waals surface area contributed by atoms with Crippen LogP contribution >= 0.6 is 11.6 Å². The number of ether oxygens (including phenoxy) is 3. The zero-order valence-electron chi connectivity index (χ0n) is 14.0. The number of fused-ring (bicyclic) bond motifs is 1. The summed E-state index contributed by atoms with van der Waals surface area (Å²) in [6.07, 6.45) is -0.964. The number of amides is 1. The summed E-state index contributed by atoms with van der Waals surface area (Å²) in [5.74, 6) is 0.234. The first-order chi connectivity index (χ1) is 12.4. The number of anilines is 1. The fraction of sp³-hybridized carbons (Fsp3) is 0.222. The van der Waals surface area contributed by atoms with Crippen LogP contribution in [0.4, 0.5) is 5.69 Å². The van der Waals surface area contributed by atoms with E-state index in [1.165, 1.54) is 25.1 Å². The Kier molecular flexibility index (Phi) is 5.18. The van der Waals surface area contributed by atoms with Crippen molar-refractivity contribution in [1.82, 2.24) is 5.32 Å². The van der Waals surface area contributed by atoms with Crippen LogP contribution in [0, 0.1) is 0 Å². The average Bonchev–Trinajstić information content (AvgIpc) is 3.09. The second-order valence-corrected chi connectivity index (χ2v) is 6.10. The number of carbonyl (C=O) groups excluding carboxylic acids is 2. The molecule has 0 aromatic heterocycles. The van der Waals surface area contributed by atoms with Gasteiger partial charge in [-0.3, -0.25) is 4.79 Å². The molecule has 0 unspecified atom stereocenters. The number of nitrogens with two attached hydrogens (primary N) is 1. The maximum atomic E-state index is 12.1. The molecule has 1 aliphatic heterocycles. The number of nitrogen functional groups attached to an aromatic ring is 1. The van der Waals surface area contributed by atoms with E-state index < -0.39 is 18.0 Å². The first-order valence-electron chi connectivity index (χ1n) is 7.86. The van der Waals surface area contributed by atoms with Crippen molar-refractivity contribution in [1.29, 1.82) is 0 Å². The molecule has 1 atom stereocenters. The van der Waals surface area contributed by atoms with Crippen LogP contribution in [-0.2, 0) is 16.1 Å². The Labute approximate surface area is 155 Å². The van der Waals surface area contributed by atoms with Crippen molar-refractivity contribution in [3.63, 3.8) is 0 Å². The number of benzene rings is 2. The third-order valence-corrected chi connectivity index (χ3v) is 4.13. The lowest BCUT2D eigenvalue weighted by Gasteiger charge is -2.14. The van der Waals surface area contributed by atoms with Gasteiger partial charge in [0.05, 0.1) is 16.3 Å².